The van der Waals surface area contributed by atoms with Gasteiger partial charge in [-0.2, -0.15) is 5.10 Å². The average molecular weight is 247 g/mol. The number of aromatic nitrogens is 6. The molecule has 2 aromatic rings. The summed E-state index contributed by atoms with van der Waals surface area (Å²) in [5.74, 6) is 1.88. The molecule has 7 heteroatoms. The Morgan fingerprint density at radius 1 is 1.33 bits per heavy atom. The van der Waals surface area contributed by atoms with Crippen molar-refractivity contribution in [3.05, 3.63) is 18.5 Å². The Kier molecular flexibility index (Phi) is 2.73. The van der Waals surface area contributed by atoms with Crippen molar-refractivity contribution in [3.8, 4) is 0 Å². The highest BCUT2D eigenvalue weighted by Gasteiger charge is 2.24. The summed E-state index contributed by atoms with van der Waals surface area (Å²) in [7, 11) is 2.00. The second-order valence-corrected chi connectivity index (χ2v) is 4.72. The third-order valence-corrected chi connectivity index (χ3v) is 3.56. The summed E-state index contributed by atoms with van der Waals surface area (Å²) < 4.78 is 3.97. The molecule has 18 heavy (non-hydrogen) atoms. The molecule has 1 unspecified atom stereocenters. The van der Waals surface area contributed by atoms with E-state index in [4.69, 9.17) is 0 Å². The van der Waals surface area contributed by atoms with Crippen LogP contribution >= 0.6 is 0 Å². The Morgan fingerprint density at radius 3 is 2.89 bits per heavy atom. The van der Waals surface area contributed by atoms with E-state index >= 15 is 0 Å². The van der Waals surface area contributed by atoms with Crippen LogP contribution in [0.25, 0.3) is 0 Å². The molecule has 0 aliphatic carbocycles. The SMILES string of the molecule is Cc1nnc(N2CCCC(n3cncn3)C2)n1C. The quantitative estimate of drug-likeness (QED) is 0.775. The first-order valence-electron chi connectivity index (χ1n) is 6.21. The van der Waals surface area contributed by atoms with Gasteiger partial charge in [-0.05, 0) is 19.8 Å². The summed E-state index contributed by atoms with van der Waals surface area (Å²) in [6.45, 7) is 3.90. The number of aryl methyl sites for hydroxylation is 1. The molecule has 2 aromatic heterocycles. The van der Waals surface area contributed by atoms with Crippen LogP contribution in [0.15, 0.2) is 12.7 Å². The largest absolute Gasteiger partial charge is 0.339 e. The Hall–Kier alpha value is -1.92. The van der Waals surface area contributed by atoms with Gasteiger partial charge in [0.1, 0.15) is 18.5 Å². The molecule has 3 heterocycles. The van der Waals surface area contributed by atoms with Crippen LogP contribution < -0.4 is 4.90 Å². The van der Waals surface area contributed by atoms with Crippen LogP contribution in [0.5, 0.6) is 0 Å². The number of piperidine rings is 1. The van der Waals surface area contributed by atoms with Gasteiger partial charge in [0.05, 0.1) is 6.04 Å². The third kappa shape index (κ3) is 1.85. The van der Waals surface area contributed by atoms with Gasteiger partial charge in [-0.15, -0.1) is 10.2 Å². The smallest absolute Gasteiger partial charge is 0.227 e. The molecule has 0 spiro atoms. The monoisotopic (exact) mass is 247 g/mol. The zero-order valence-corrected chi connectivity index (χ0v) is 10.7. The molecule has 1 aliphatic heterocycles. The van der Waals surface area contributed by atoms with E-state index in [0.29, 0.717) is 6.04 Å². The normalized spacial score (nSPS) is 20.3. The molecule has 0 bridgehead atoms. The maximum atomic E-state index is 4.25. The summed E-state index contributed by atoms with van der Waals surface area (Å²) in [6.07, 6.45) is 5.65. The van der Waals surface area contributed by atoms with E-state index in [1.165, 1.54) is 0 Å². The van der Waals surface area contributed by atoms with Crippen molar-refractivity contribution in [2.24, 2.45) is 7.05 Å². The zero-order chi connectivity index (χ0) is 12.5. The van der Waals surface area contributed by atoms with Gasteiger partial charge < -0.3 is 9.47 Å². The van der Waals surface area contributed by atoms with E-state index in [0.717, 1.165) is 37.7 Å². The molecule has 0 aromatic carbocycles. The minimum atomic E-state index is 0.373. The summed E-state index contributed by atoms with van der Waals surface area (Å²) in [5, 5.41) is 12.6. The van der Waals surface area contributed by atoms with Crippen LogP contribution in [0.2, 0.25) is 0 Å². The molecular weight excluding hydrogens is 230 g/mol. The van der Waals surface area contributed by atoms with E-state index in [-0.39, 0.29) is 0 Å². The summed E-state index contributed by atoms with van der Waals surface area (Å²) in [6, 6.07) is 0.373. The molecule has 3 rings (SSSR count). The van der Waals surface area contributed by atoms with Gasteiger partial charge in [0.15, 0.2) is 0 Å². The van der Waals surface area contributed by atoms with Crippen LogP contribution in [0, 0.1) is 6.92 Å². The van der Waals surface area contributed by atoms with E-state index in [1.54, 1.807) is 12.7 Å². The van der Waals surface area contributed by atoms with Crippen LogP contribution in [0.1, 0.15) is 24.7 Å². The summed E-state index contributed by atoms with van der Waals surface area (Å²) in [4.78, 5) is 6.29. The van der Waals surface area contributed by atoms with Crippen molar-refractivity contribution >= 4 is 5.95 Å². The molecular formula is C11H17N7. The highest BCUT2D eigenvalue weighted by molar-refractivity contribution is 5.31. The predicted octanol–water partition coefficient (Wildman–Crippen LogP) is 0.557. The lowest BCUT2D eigenvalue weighted by Crippen LogP contribution is -2.38. The predicted molar refractivity (Wildman–Crippen MR) is 66.2 cm³/mol. The first-order valence-corrected chi connectivity index (χ1v) is 6.21. The topological polar surface area (TPSA) is 64.7 Å². The molecule has 0 amide bonds. The van der Waals surface area contributed by atoms with Gasteiger partial charge in [-0.3, -0.25) is 0 Å². The zero-order valence-electron chi connectivity index (χ0n) is 10.7. The van der Waals surface area contributed by atoms with Crippen LogP contribution in [-0.2, 0) is 7.05 Å². The lowest BCUT2D eigenvalue weighted by atomic mass is 10.1. The highest BCUT2D eigenvalue weighted by atomic mass is 15.4. The molecule has 0 radical (unpaired) electrons. The van der Waals surface area contributed by atoms with E-state index in [1.807, 2.05) is 23.2 Å². The Balaban J connectivity index is 1.80. The molecule has 1 fully saturated rings. The molecule has 96 valence electrons. The Labute approximate surface area is 105 Å². The number of hydrogen-bond donors (Lipinski definition) is 0. The fourth-order valence-electron chi connectivity index (χ4n) is 2.43. The standard InChI is InChI=1S/C11H17N7/c1-9-14-15-11(16(9)2)17-5-3-4-10(6-17)18-8-12-7-13-18/h7-8,10H,3-6H2,1-2H3. The maximum absolute atomic E-state index is 4.25. The third-order valence-electron chi connectivity index (χ3n) is 3.56. The van der Waals surface area contributed by atoms with Crippen LogP contribution in [-0.4, -0.2) is 42.6 Å². The maximum Gasteiger partial charge on any atom is 0.227 e. The molecule has 1 atom stereocenters. The minimum absolute atomic E-state index is 0.373. The lowest BCUT2D eigenvalue weighted by Gasteiger charge is -2.32. The van der Waals surface area contributed by atoms with E-state index in [9.17, 15) is 0 Å². The van der Waals surface area contributed by atoms with E-state index < -0.39 is 0 Å². The second-order valence-electron chi connectivity index (χ2n) is 4.72. The van der Waals surface area contributed by atoms with Gasteiger partial charge in [0, 0.05) is 20.1 Å². The van der Waals surface area contributed by atoms with Gasteiger partial charge in [0.25, 0.3) is 0 Å². The highest BCUT2D eigenvalue weighted by Crippen LogP contribution is 2.24. The van der Waals surface area contributed by atoms with E-state index in [2.05, 4.69) is 25.2 Å². The average Bonchev–Trinajstić information content (AvgIpc) is 3.02. The molecule has 0 saturated carbocycles. The number of rotatable bonds is 2. The second kappa shape index (κ2) is 4.40. The van der Waals surface area contributed by atoms with Crippen LogP contribution in [0.4, 0.5) is 5.95 Å². The first kappa shape index (κ1) is 11.2. The number of hydrogen-bond acceptors (Lipinski definition) is 5. The fraction of sp³-hybridized carbons (Fsp3) is 0.636. The number of nitrogens with zero attached hydrogens (tertiary/aromatic N) is 7. The fourth-order valence-corrected chi connectivity index (χ4v) is 2.43. The van der Waals surface area contributed by atoms with Crippen molar-refractivity contribution in [1.82, 2.24) is 29.5 Å². The minimum Gasteiger partial charge on any atom is -0.339 e. The molecule has 0 N–H and O–H groups in total. The van der Waals surface area contributed by atoms with Crippen molar-refractivity contribution in [1.29, 1.82) is 0 Å². The van der Waals surface area contributed by atoms with Gasteiger partial charge in [-0.1, -0.05) is 0 Å². The summed E-state index contributed by atoms with van der Waals surface area (Å²) in [5.41, 5.74) is 0. The van der Waals surface area contributed by atoms with Crippen molar-refractivity contribution in [2.45, 2.75) is 25.8 Å². The van der Waals surface area contributed by atoms with Crippen LogP contribution in [0.3, 0.4) is 0 Å². The van der Waals surface area contributed by atoms with Crippen molar-refractivity contribution < 1.29 is 0 Å². The number of anilines is 1. The van der Waals surface area contributed by atoms with Crippen molar-refractivity contribution in [3.63, 3.8) is 0 Å². The Morgan fingerprint density at radius 2 is 2.22 bits per heavy atom. The molecule has 1 aliphatic rings. The summed E-state index contributed by atoms with van der Waals surface area (Å²) >= 11 is 0. The van der Waals surface area contributed by atoms with Gasteiger partial charge >= 0.3 is 0 Å². The van der Waals surface area contributed by atoms with Gasteiger partial charge in [-0.25, -0.2) is 9.67 Å². The lowest BCUT2D eigenvalue weighted by molar-refractivity contribution is 0.371. The van der Waals surface area contributed by atoms with Gasteiger partial charge in [0.2, 0.25) is 5.95 Å². The molecule has 7 nitrogen and oxygen atoms in total. The Bertz CT molecular complexity index is 515. The molecule has 1 saturated heterocycles. The van der Waals surface area contributed by atoms with Crippen molar-refractivity contribution in [2.75, 3.05) is 18.0 Å². The first-order chi connectivity index (χ1) is 8.75.